The summed E-state index contributed by atoms with van der Waals surface area (Å²) in [6.07, 6.45) is 5.75. The van der Waals surface area contributed by atoms with Crippen molar-refractivity contribution in [1.29, 1.82) is 0 Å². The minimum Gasteiger partial charge on any atom is -0.352 e. The van der Waals surface area contributed by atoms with Gasteiger partial charge in [-0.3, -0.25) is 14.3 Å². The van der Waals surface area contributed by atoms with Crippen molar-refractivity contribution in [1.82, 2.24) is 19.9 Å². The molecule has 5 aromatic rings. The standard InChI is InChI=1S/C27H22N4O/c32-27(17-20-5-9-22(10-6-20)23-13-15-28-16-14-23)29-18-21-7-11-24(12-8-21)31-19-30-25-3-1-2-4-26(25)31/h1-16,19H,17-18H2,(H,29,32). The number of hydrogen-bond acceptors (Lipinski definition) is 3. The lowest BCUT2D eigenvalue weighted by Gasteiger charge is -2.08. The molecule has 0 aliphatic carbocycles. The van der Waals surface area contributed by atoms with Crippen LogP contribution in [0.1, 0.15) is 11.1 Å². The fourth-order valence-corrected chi connectivity index (χ4v) is 3.75. The van der Waals surface area contributed by atoms with Crippen molar-refractivity contribution in [3.8, 4) is 16.8 Å². The van der Waals surface area contributed by atoms with Crippen LogP contribution in [0.3, 0.4) is 0 Å². The van der Waals surface area contributed by atoms with Gasteiger partial charge in [-0.05, 0) is 58.7 Å². The topological polar surface area (TPSA) is 59.8 Å². The molecule has 0 bridgehead atoms. The number of para-hydroxylation sites is 2. The third-order valence-electron chi connectivity index (χ3n) is 5.49. The summed E-state index contributed by atoms with van der Waals surface area (Å²) in [5.41, 5.74) is 7.36. The van der Waals surface area contributed by atoms with Gasteiger partial charge in [0.25, 0.3) is 0 Å². The smallest absolute Gasteiger partial charge is 0.224 e. The molecule has 0 radical (unpaired) electrons. The SMILES string of the molecule is O=C(Cc1ccc(-c2ccncc2)cc1)NCc1ccc(-n2cnc3ccccc32)cc1. The molecule has 2 aromatic heterocycles. The number of hydrogen-bond donors (Lipinski definition) is 1. The van der Waals surface area contributed by atoms with E-state index in [9.17, 15) is 4.79 Å². The molecule has 5 nitrogen and oxygen atoms in total. The van der Waals surface area contributed by atoms with E-state index in [1.54, 1.807) is 12.4 Å². The molecule has 0 saturated heterocycles. The Labute approximate surface area is 186 Å². The molecule has 32 heavy (non-hydrogen) atoms. The Morgan fingerprint density at radius 2 is 1.47 bits per heavy atom. The van der Waals surface area contributed by atoms with Crippen LogP contribution in [0.2, 0.25) is 0 Å². The molecule has 2 heterocycles. The molecule has 0 fully saturated rings. The Hall–Kier alpha value is -4.25. The van der Waals surface area contributed by atoms with Crippen molar-refractivity contribution >= 4 is 16.9 Å². The molecule has 0 unspecified atom stereocenters. The summed E-state index contributed by atoms with van der Waals surface area (Å²) in [5.74, 6) is 0.00587. The van der Waals surface area contributed by atoms with E-state index in [-0.39, 0.29) is 5.91 Å². The lowest BCUT2D eigenvalue weighted by Crippen LogP contribution is -2.24. The van der Waals surface area contributed by atoms with Crippen LogP contribution in [0.5, 0.6) is 0 Å². The first-order valence-corrected chi connectivity index (χ1v) is 10.5. The molecule has 0 saturated carbocycles. The zero-order valence-electron chi connectivity index (χ0n) is 17.5. The first kappa shape index (κ1) is 19.7. The number of fused-ring (bicyclic) bond motifs is 1. The summed E-state index contributed by atoms with van der Waals surface area (Å²) in [4.78, 5) is 20.9. The Morgan fingerprint density at radius 3 is 2.25 bits per heavy atom. The number of carbonyl (C=O) groups excluding carboxylic acids is 1. The number of rotatable bonds is 6. The normalized spacial score (nSPS) is 10.9. The van der Waals surface area contributed by atoms with Crippen LogP contribution in [0.15, 0.2) is 104 Å². The molecule has 156 valence electrons. The molecule has 3 aromatic carbocycles. The van der Waals surface area contributed by atoms with Gasteiger partial charge in [0.2, 0.25) is 5.91 Å². The Balaban J connectivity index is 1.18. The summed E-state index contributed by atoms with van der Waals surface area (Å²) in [6.45, 7) is 0.499. The number of nitrogens with zero attached hydrogens (tertiary/aromatic N) is 3. The summed E-state index contributed by atoms with van der Waals surface area (Å²) < 4.78 is 2.06. The average molecular weight is 419 g/mol. The van der Waals surface area contributed by atoms with E-state index in [1.807, 2.05) is 85.2 Å². The van der Waals surface area contributed by atoms with E-state index in [1.165, 1.54) is 0 Å². The highest BCUT2D eigenvalue weighted by atomic mass is 16.1. The van der Waals surface area contributed by atoms with Gasteiger partial charge in [-0.1, -0.05) is 48.5 Å². The van der Waals surface area contributed by atoms with E-state index in [0.717, 1.165) is 39.0 Å². The lowest BCUT2D eigenvalue weighted by molar-refractivity contribution is -0.120. The summed E-state index contributed by atoms with van der Waals surface area (Å²) in [6, 6.07) is 28.2. The van der Waals surface area contributed by atoms with Crippen LogP contribution in [-0.2, 0) is 17.8 Å². The van der Waals surface area contributed by atoms with Gasteiger partial charge in [0, 0.05) is 24.6 Å². The predicted octanol–water partition coefficient (Wildman–Crippen LogP) is 4.95. The van der Waals surface area contributed by atoms with Gasteiger partial charge < -0.3 is 5.32 Å². The zero-order chi connectivity index (χ0) is 21.8. The number of carbonyl (C=O) groups is 1. The second-order valence-electron chi connectivity index (χ2n) is 7.66. The van der Waals surface area contributed by atoms with Crippen LogP contribution < -0.4 is 5.32 Å². The molecule has 5 heteroatoms. The van der Waals surface area contributed by atoms with Crippen LogP contribution in [0, 0.1) is 0 Å². The summed E-state index contributed by atoms with van der Waals surface area (Å²) in [5, 5.41) is 3.01. The van der Waals surface area contributed by atoms with Gasteiger partial charge >= 0.3 is 0 Å². The summed E-state index contributed by atoms with van der Waals surface area (Å²) in [7, 11) is 0. The largest absolute Gasteiger partial charge is 0.352 e. The Morgan fingerprint density at radius 1 is 0.781 bits per heavy atom. The maximum Gasteiger partial charge on any atom is 0.224 e. The van der Waals surface area contributed by atoms with Crippen molar-refractivity contribution < 1.29 is 4.79 Å². The Kier molecular flexibility index (Phi) is 5.45. The molecular formula is C27H22N4O. The maximum absolute atomic E-state index is 12.4. The monoisotopic (exact) mass is 418 g/mol. The second-order valence-corrected chi connectivity index (χ2v) is 7.66. The van der Waals surface area contributed by atoms with Gasteiger partial charge in [0.05, 0.1) is 17.5 Å². The maximum atomic E-state index is 12.4. The second kappa shape index (κ2) is 8.86. The fraction of sp³-hybridized carbons (Fsp3) is 0.0741. The van der Waals surface area contributed by atoms with Crippen molar-refractivity contribution in [2.24, 2.45) is 0 Å². The zero-order valence-corrected chi connectivity index (χ0v) is 17.5. The molecule has 0 spiro atoms. The highest BCUT2D eigenvalue weighted by Crippen LogP contribution is 2.20. The van der Waals surface area contributed by atoms with Crippen molar-refractivity contribution in [2.45, 2.75) is 13.0 Å². The van der Waals surface area contributed by atoms with Crippen LogP contribution in [-0.4, -0.2) is 20.4 Å². The van der Waals surface area contributed by atoms with Gasteiger partial charge in [-0.15, -0.1) is 0 Å². The van der Waals surface area contributed by atoms with E-state index in [2.05, 4.69) is 25.9 Å². The van der Waals surface area contributed by atoms with E-state index >= 15 is 0 Å². The van der Waals surface area contributed by atoms with E-state index < -0.39 is 0 Å². The first-order valence-electron chi connectivity index (χ1n) is 10.5. The van der Waals surface area contributed by atoms with Gasteiger partial charge in [0.1, 0.15) is 6.33 Å². The predicted molar refractivity (Wildman–Crippen MR) is 126 cm³/mol. The average Bonchev–Trinajstić information content (AvgIpc) is 3.28. The molecular weight excluding hydrogens is 396 g/mol. The molecule has 0 aliphatic heterocycles. The van der Waals surface area contributed by atoms with E-state index in [0.29, 0.717) is 13.0 Å². The number of aromatic nitrogens is 3. The minimum absolute atomic E-state index is 0.00587. The first-order chi connectivity index (χ1) is 15.8. The third kappa shape index (κ3) is 4.27. The molecule has 5 rings (SSSR count). The van der Waals surface area contributed by atoms with Crippen LogP contribution in [0.25, 0.3) is 27.8 Å². The van der Waals surface area contributed by atoms with E-state index in [4.69, 9.17) is 0 Å². The number of nitrogens with one attached hydrogen (secondary N) is 1. The Bertz CT molecular complexity index is 1340. The molecule has 1 amide bonds. The highest BCUT2D eigenvalue weighted by molar-refractivity contribution is 5.79. The lowest BCUT2D eigenvalue weighted by atomic mass is 10.0. The summed E-state index contributed by atoms with van der Waals surface area (Å²) >= 11 is 0. The molecule has 0 atom stereocenters. The van der Waals surface area contributed by atoms with Gasteiger partial charge in [-0.2, -0.15) is 0 Å². The van der Waals surface area contributed by atoms with Crippen LogP contribution >= 0.6 is 0 Å². The highest BCUT2D eigenvalue weighted by Gasteiger charge is 2.06. The van der Waals surface area contributed by atoms with Crippen molar-refractivity contribution in [2.75, 3.05) is 0 Å². The van der Waals surface area contributed by atoms with Crippen molar-refractivity contribution in [3.05, 3.63) is 115 Å². The van der Waals surface area contributed by atoms with Gasteiger partial charge in [0.15, 0.2) is 0 Å². The van der Waals surface area contributed by atoms with Crippen LogP contribution in [0.4, 0.5) is 0 Å². The third-order valence-corrected chi connectivity index (χ3v) is 5.49. The molecule has 0 aliphatic rings. The molecule has 1 N–H and O–H groups in total. The van der Waals surface area contributed by atoms with Gasteiger partial charge in [-0.25, -0.2) is 4.98 Å². The van der Waals surface area contributed by atoms with Crippen molar-refractivity contribution in [3.63, 3.8) is 0 Å². The minimum atomic E-state index is 0.00587. The number of imidazole rings is 1. The number of pyridine rings is 1. The fourth-order valence-electron chi connectivity index (χ4n) is 3.75. The number of benzene rings is 3. The number of amides is 1. The quantitative estimate of drug-likeness (QED) is 0.425.